The quantitative estimate of drug-likeness (QED) is 0.782. The van der Waals surface area contributed by atoms with E-state index in [2.05, 4.69) is 15.5 Å². The molecule has 0 spiro atoms. The standard InChI is InChI=1S/C18H16FN3O2/c1-12-5-7-13(8-6-12)17-21-16(24-22-17)9-10-20-18(23)14-3-2-4-15(19)11-14/h2-8,11H,9-10H2,1H3,(H,20,23). The normalized spacial score (nSPS) is 10.6. The minimum atomic E-state index is -0.442. The van der Waals surface area contributed by atoms with Gasteiger partial charge in [-0.25, -0.2) is 4.39 Å². The molecule has 0 fully saturated rings. The van der Waals surface area contributed by atoms with Crippen molar-refractivity contribution < 1.29 is 13.7 Å². The van der Waals surface area contributed by atoms with Crippen LogP contribution in [0.1, 0.15) is 21.8 Å². The van der Waals surface area contributed by atoms with Crippen LogP contribution in [0.15, 0.2) is 53.1 Å². The molecule has 0 radical (unpaired) electrons. The molecular weight excluding hydrogens is 309 g/mol. The molecule has 5 nitrogen and oxygen atoms in total. The minimum absolute atomic E-state index is 0.279. The molecule has 3 aromatic rings. The molecule has 0 atom stereocenters. The van der Waals surface area contributed by atoms with Crippen molar-refractivity contribution in [2.24, 2.45) is 0 Å². The van der Waals surface area contributed by atoms with Crippen LogP contribution in [0.2, 0.25) is 0 Å². The Morgan fingerprint density at radius 3 is 2.75 bits per heavy atom. The van der Waals surface area contributed by atoms with Gasteiger partial charge in [-0.3, -0.25) is 4.79 Å². The summed E-state index contributed by atoms with van der Waals surface area (Å²) in [5, 5.41) is 6.63. The highest BCUT2D eigenvalue weighted by Gasteiger charge is 2.10. The van der Waals surface area contributed by atoms with Gasteiger partial charge in [-0.15, -0.1) is 0 Å². The predicted molar refractivity (Wildman–Crippen MR) is 86.9 cm³/mol. The van der Waals surface area contributed by atoms with Crippen LogP contribution in [0, 0.1) is 12.7 Å². The van der Waals surface area contributed by atoms with Gasteiger partial charge >= 0.3 is 0 Å². The molecule has 1 heterocycles. The van der Waals surface area contributed by atoms with Gasteiger partial charge in [0.05, 0.1) is 0 Å². The molecule has 0 aliphatic heterocycles. The molecule has 1 amide bonds. The van der Waals surface area contributed by atoms with E-state index in [1.54, 1.807) is 6.07 Å². The Hall–Kier alpha value is -3.02. The zero-order chi connectivity index (χ0) is 16.9. The monoisotopic (exact) mass is 325 g/mol. The highest BCUT2D eigenvalue weighted by Crippen LogP contribution is 2.16. The van der Waals surface area contributed by atoms with Crippen molar-refractivity contribution in [3.63, 3.8) is 0 Å². The van der Waals surface area contributed by atoms with Crippen LogP contribution in [-0.2, 0) is 6.42 Å². The van der Waals surface area contributed by atoms with Gasteiger partial charge in [-0.05, 0) is 25.1 Å². The fourth-order valence-electron chi connectivity index (χ4n) is 2.19. The number of amides is 1. The van der Waals surface area contributed by atoms with Gasteiger partial charge in [0.1, 0.15) is 5.82 Å². The van der Waals surface area contributed by atoms with Crippen molar-refractivity contribution in [3.8, 4) is 11.4 Å². The van der Waals surface area contributed by atoms with Gasteiger partial charge in [0.15, 0.2) is 0 Å². The maximum Gasteiger partial charge on any atom is 0.251 e. The number of aromatic nitrogens is 2. The summed E-state index contributed by atoms with van der Waals surface area (Å²) in [5.74, 6) is 0.168. The number of nitrogens with zero attached hydrogens (tertiary/aromatic N) is 2. The summed E-state index contributed by atoms with van der Waals surface area (Å²) in [7, 11) is 0. The van der Waals surface area contributed by atoms with Crippen LogP contribution in [0.4, 0.5) is 4.39 Å². The van der Waals surface area contributed by atoms with Crippen LogP contribution < -0.4 is 5.32 Å². The SMILES string of the molecule is Cc1ccc(-c2noc(CCNC(=O)c3cccc(F)c3)n2)cc1. The molecule has 0 unspecified atom stereocenters. The van der Waals surface area contributed by atoms with E-state index in [1.165, 1.54) is 18.2 Å². The van der Waals surface area contributed by atoms with E-state index in [0.717, 1.165) is 11.1 Å². The third-order valence-electron chi connectivity index (χ3n) is 3.49. The molecule has 3 rings (SSSR count). The van der Waals surface area contributed by atoms with Crippen LogP contribution in [0.5, 0.6) is 0 Å². The number of hydrogen-bond donors (Lipinski definition) is 1. The molecule has 6 heteroatoms. The molecule has 122 valence electrons. The first kappa shape index (κ1) is 15.9. The van der Waals surface area contributed by atoms with Crippen LogP contribution >= 0.6 is 0 Å². The van der Waals surface area contributed by atoms with Crippen molar-refractivity contribution in [1.82, 2.24) is 15.5 Å². The van der Waals surface area contributed by atoms with Gasteiger partial charge in [0.25, 0.3) is 5.91 Å². The summed E-state index contributed by atoms with van der Waals surface area (Å²) in [5.41, 5.74) is 2.31. The average Bonchev–Trinajstić information content (AvgIpc) is 3.04. The second kappa shape index (κ2) is 7.04. The number of halogens is 1. The number of benzene rings is 2. The summed E-state index contributed by atoms with van der Waals surface area (Å²) in [6, 6.07) is 13.3. The third kappa shape index (κ3) is 3.84. The Labute approximate surface area is 138 Å². The average molecular weight is 325 g/mol. The number of nitrogens with one attached hydrogen (secondary N) is 1. The molecule has 0 saturated carbocycles. The highest BCUT2D eigenvalue weighted by atomic mass is 19.1. The summed E-state index contributed by atoms with van der Waals surface area (Å²) < 4.78 is 18.3. The summed E-state index contributed by atoms with van der Waals surface area (Å²) in [6.45, 7) is 2.33. The maximum absolute atomic E-state index is 13.1. The number of carbonyl (C=O) groups is 1. The lowest BCUT2D eigenvalue weighted by atomic mass is 10.1. The van der Waals surface area contributed by atoms with E-state index in [-0.39, 0.29) is 11.5 Å². The smallest absolute Gasteiger partial charge is 0.251 e. The minimum Gasteiger partial charge on any atom is -0.352 e. The number of hydrogen-bond acceptors (Lipinski definition) is 4. The van der Waals surface area contributed by atoms with Gasteiger partial charge in [-0.2, -0.15) is 4.98 Å². The first-order valence-electron chi connectivity index (χ1n) is 7.55. The largest absolute Gasteiger partial charge is 0.352 e. The van der Waals surface area contributed by atoms with Gasteiger partial charge in [0.2, 0.25) is 11.7 Å². The predicted octanol–water partition coefficient (Wildman–Crippen LogP) is 3.16. The molecule has 2 aromatic carbocycles. The number of aryl methyl sites for hydroxylation is 1. The van der Waals surface area contributed by atoms with E-state index < -0.39 is 5.82 Å². The zero-order valence-electron chi connectivity index (χ0n) is 13.1. The topological polar surface area (TPSA) is 68.0 Å². The first-order chi connectivity index (χ1) is 11.6. The van der Waals surface area contributed by atoms with E-state index in [4.69, 9.17) is 4.52 Å². The van der Waals surface area contributed by atoms with Crippen LogP contribution in [0.3, 0.4) is 0 Å². The van der Waals surface area contributed by atoms with Crippen LogP contribution in [-0.4, -0.2) is 22.6 Å². The molecule has 1 N–H and O–H groups in total. The van der Waals surface area contributed by atoms with E-state index in [0.29, 0.717) is 24.7 Å². The molecule has 0 bridgehead atoms. The fraction of sp³-hybridized carbons (Fsp3) is 0.167. The van der Waals surface area contributed by atoms with Crippen molar-refractivity contribution >= 4 is 5.91 Å². The second-order valence-corrected chi connectivity index (χ2v) is 5.39. The Morgan fingerprint density at radius 1 is 1.21 bits per heavy atom. The van der Waals surface area contributed by atoms with Crippen molar-refractivity contribution in [2.45, 2.75) is 13.3 Å². The van der Waals surface area contributed by atoms with Crippen molar-refractivity contribution in [2.75, 3.05) is 6.54 Å². The van der Waals surface area contributed by atoms with E-state index in [9.17, 15) is 9.18 Å². The molecule has 0 saturated heterocycles. The Kier molecular flexibility index (Phi) is 4.65. The molecule has 0 aliphatic carbocycles. The zero-order valence-corrected chi connectivity index (χ0v) is 13.1. The lowest BCUT2D eigenvalue weighted by molar-refractivity contribution is 0.0953. The molecule has 24 heavy (non-hydrogen) atoms. The van der Waals surface area contributed by atoms with E-state index in [1.807, 2.05) is 31.2 Å². The van der Waals surface area contributed by atoms with Crippen LogP contribution in [0.25, 0.3) is 11.4 Å². The number of carbonyl (C=O) groups excluding carboxylic acids is 1. The Morgan fingerprint density at radius 2 is 2.00 bits per heavy atom. The lowest BCUT2D eigenvalue weighted by Gasteiger charge is -2.03. The van der Waals surface area contributed by atoms with Gasteiger partial charge < -0.3 is 9.84 Å². The molecule has 0 aliphatic rings. The van der Waals surface area contributed by atoms with Gasteiger partial charge in [-0.1, -0.05) is 41.1 Å². The summed E-state index contributed by atoms with van der Waals surface area (Å²) >= 11 is 0. The maximum atomic E-state index is 13.1. The Bertz CT molecular complexity index is 843. The summed E-state index contributed by atoms with van der Waals surface area (Å²) in [6.07, 6.45) is 0.403. The van der Waals surface area contributed by atoms with Crippen molar-refractivity contribution in [3.05, 3.63) is 71.4 Å². The first-order valence-corrected chi connectivity index (χ1v) is 7.55. The molecular formula is C18H16FN3O2. The summed E-state index contributed by atoms with van der Waals surface area (Å²) in [4.78, 5) is 16.2. The van der Waals surface area contributed by atoms with Crippen molar-refractivity contribution in [1.29, 1.82) is 0 Å². The Balaban J connectivity index is 1.56. The highest BCUT2D eigenvalue weighted by molar-refractivity contribution is 5.94. The lowest BCUT2D eigenvalue weighted by Crippen LogP contribution is -2.25. The van der Waals surface area contributed by atoms with E-state index >= 15 is 0 Å². The van der Waals surface area contributed by atoms with Gasteiger partial charge in [0, 0.05) is 24.1 Å². The number of rotatable bonds is 5. The third-order valence-corrected chi connectivity index (χ3v) is 3.49. The molecule has 1 aromatic heterocycles. The fourth-order valence-corrected chi connectivity index (χ4v) is 2.19. The second-order valence-electron chi connectivity index (χ2n) is 5.39.